The SMILES string of the molecule is Nc1ccc(Nc2ncc(C3CCCCC3)cn2)cc1. The molecule has 0 amide bonds. The summed E-state index contributed by atoms with van der Waals surface area (Å²) in [5.41, 5.74) is 8.64. The summed E-state index contributed by atoms with van der Waals surface area (Å²) in [5, 5.41) is 3.18. The van der Waals surface area contributed by atoms with E-state index in [1.807, 2.05) is 36.7 Å². The molecule has 1 aliphatic carbocycles. The van der Waals surface area contributed by atoms with Crippen molar-refractivity contribution in [2.24, 2.45) is 0 Å². The Kier molecular flexibility index (Phi) is 3.81. The number of anilines is 3. The largest absolute Gasteiger partial charge is 0.399 e. The van der Waals surface area contributed by atoms with Gasteiger partial charge in [-0.1, -0.05) is 19.3 Å². The van der Waals surface area contributed by atoms with Crippen LogP contribution in [-0.2, 0) is 0 Å². The molecule has 4 heteroatoms. The van der Waals surface area contributed by atoms with Crippen LogP contribution in [0.2, 0.25) is 0 Å². The van der Waals surface area contributed by atoms with Crippen molar-refractivity contribution in [1.29, 1.82) is 0 Å². The fourth-order valence-electron chi connectivity index (χ4n) is 2.74. The number of benzene rings is 1. The molecule has 1 fully saturated rings. The third-order valence-electron chi connectivity index (χ3n) is 3.92. The van der Waals surface area contributed by atoms with Crippen molar-refractivity contribution in [3.8, 4) is 0 Å². The second kappa shape index (κ2) is 5.90. The van der Waals surface area contributed by atoms with Gasteiger partial charge in [0, 0.05) is 23.8 Å². The molecule has 0 bridgehead atoms. The predicted octanol–water partition coefficient (Wildman–Crippen LogP) is 3.85. The van der Waals surface area contributed by atoms with Gasteiger partial charge in [-0.15, -0.1) is 0 Å². The number of nitrogens with two attached hydrogens (primary N) is 1. The van der Waals surface area contributed by atoms with Crippen molar-refractivity contribution in [3.05, 3.63) is 42.2 Å². The minimum Gasteiger partial charge on any atom is -0.399 e. The summed E-state index contributed by atoms with van der Waals surface area (Å²) in [5.74, 6) is 1.28. The lowest BCUT2D eigenvalue weighted by Crippen LogP contribution is -2.06. The van der Waals surface area contributed by atoms with Crippen LogP contribution < -0.4 is 11.1 Å². The number of hydrogen-bond acceptors (Lipinski definition) is 4. The molecule has 20 heavy (non-hydrogen) atoms. The van der Waals surface area contributed by atoms with Gasteiger partial charge >= 0.3 is 0 Å². The molecule has 2 aromatic rings. The quantitative estimate of drug-likeness (QED) is 0.830. The molecule has 1 heterocycles. The Hall–Kier alpha value is -2.10. The van der Waals surface area contributed by atoms with Gasteiger partial charge in [0.15, 0.2) is 0 Å². The van der Waals surface area contributed by atoms with Crippen LogP contribution in [0.15, 0.2) is 36.7 Å². The zero-order valence-corrected chi connectivity index (χ0v) is 11.5. The Morgan fingerprint density at radius 1 is 0.950 bits per heavy atom. The van der Waals surface area contributed by atoms with E-state index in [1.54, 1.807) is 0 Å². The van der Waals surface area contributed by atoms with Crippen LogP contribution in [0.5, 0.6) is 0 Å². The van der Waals surface area contributed by atoms with Crippen molar-refractivity contribution >= 4 is 17.3 Å². The number of rotatable bonds is 3. The summed E-state index contributed by atoms with van der Waals surface area (Å²) in [6, 6.07) is 7.57. The van der Waals surface area contributed by atoms with Crippen molar-refractivity contribution in [2.75, 3.05) is 11.1 Å². The summed E-state index contributed by atoms with van der Waals surface area (Å²) in [6.45, 7) is 0. The highest BCUT2D eigenvalue weighted by molar-refractivity contribution is 5.56. The number of nitrogen functional groups attached to an aromatic ring is 1. The minimum absolute atomic E-state index is 0.634. The summed E-state index contributed by atoms with van der Waals surface area (Å²) in [6.07, 6.45) is 10.5. The minimum atomic E-state index is 0.634. The maximum atomic E-state index is 5.66. The first-order chi connectivity index (χ1) is 9.81. The zero-order chi connectivity index (χ0) is 13.8. The van der Waals surface area contributed by atoms with Crippen LogP contribution in [0.3, 0.4) is 0 Å². The molecule has 0 spiro atoms. The lowest BCUT2D eigenvalue weighted by Gasteiger charge is -2.21. The van der Waals surface area contributed by atoms with E-state index in [0.29, 0.717) is 11.9 Å². The van der Waals surface area contributed by atoms with Gasteiger partial charge in [0.1, 0.15) is 0 Å². The van der Waals surface area contributed by atoms with E-state index in [2.05, 4.69) is 15.3 Å². The molecule has 1 saturated carbocycles. The molecule has 0 aliphatic heterocycles. The number of nitrogens with one attached hydrogen (secondary N) is 1. The molecule has 0 saturated heterocycles. The number of hydrogen-bond donors (Lipinski definition) is 2. The fourth-order valence-corrected chi connectivity index (χ4v) is 2.74. The van der Waals surface area contributed by atoms with E-state index in [-0.39, 0.29) is 0 Å². The monoisotopic (exact) mass is 268 g/mol. The molecule has 0 atom stereocenters. The Balaban J connectivity index is 1.67. The van der Waals surface area contributed by atoms with Crippen molar-refractivity contribution in [3.63, 3.8) is 0 Å². The number of nitrogens with zero attached hydrogens (tertiary/aromatic N) is 2. The van der Waals surface area contributed by atoms with Crippen LogP contribution in [0.25, 0.3) is 0 Å². The summed E-state index contributed by atoms with van der Waals surface area (Å²) in [7, 11) is 0. The molecule has 0 radical (unpaired) electrons. The molecule has 3 rings (SSSR count). The highest BCUT2D eigenvalue weighted by atomic mass is 15.1. The van der Waals surface area contributed by atoms with E-state index in [0.717, 1.165) is 11.4 Å². The molecular weight excluding hydrogens is 248 g/mol. The van der Waals surface area contributed by atoms with Gasteiger partial charge in [0.05, 0.1) is 0 Å². The van der Waals surface area contributed by atoms with Gasteiger partial charge in [0.25, 0.3) is 0 Å². The van der Waals surface area contributed by atoms with Gasteiger partial charge in [0.2, 0.25) is 5.95 Å². The third-order valence-corrected chi connectivity index (χ3v) is 3.92. The van der Waals surface area contributed by atoms with Crippen LogP contribution in [0, 0.1) is 0 Å². The van der Waals surface area contributed by atoms with Crippen LogP contribution in [-0.4, -0.2) is 9.97 Å². The van der Waals surface area contributed by atoms with Gasteiger partial charge in [-0.25, -0.2) is 9.97 Å². The predicted molar refractivity (Wildman–Crippen MR) is 82.0 cm³/mol. The van der Waals surface area contributed by atoms with Gasteiger partial charge < -0.3 is 11.1 Å². The second-order valence-electron chi connectivity index (χ2n) is 5.42. The topological polar surface area (TPSA) is 63.8 Å². The second-order valence-corrected chi connectivity index (χ2v) is 5.42. The van der Waals surface area contributed by atoms with Crippen molar-refractivity contribution in [1.82, 2.24) is 9.97 Å². The normalized spacial score (nSPS) is 16.0. The molecule has 4 nitrogen and oxygen atoms in total. The Labute approximate surface area is 119 Å². The van der Waals surface area contributed by atoms with Crippen LogP contribution in [0.4, 0.5) is 17.3 Å². The van der Waals surface area contributed by atoms with Gasteiger partial charge in [-0.3, -0.25) is 0 Å². The maximum absolute atomic E-state index is 5.66. The smallest absolute Gasteiger partial charge is 0.227 e. The van der Waals surface area contributed by atoms with E-state index >= 15 is 0 Å². The zero-order valence-electron chi connectivity index (χ0n) is 11.5. The third kappa shape index (κ3) is 3.07. The fraction of sp³-hybridized carbons (Fsp3) is 0.375. The molecule has 1 aliphatic rings. The van der Waals surface area contributed by atoms with E-state index in [1.165, 1.54) is 37.7 Å². The van der Waals surface area contributed by atoms with E-state index < -0.39 is 0 Å². The molecule has 1 aromatic heterocycles. The highest BCUT2D eigenvalue weighted by Gasteiger charge is 2.16. The highest BCUT2D eigenvalue weighted by Crippen LogP contribution is 2.32. The molecule has 3 N–H and O–H groups in total. The summed E-state index contributed by atoms with van der Waals surface area (Å²) >= 11 is 0. The first kappa shape index (κ1) is 12.9. The molecular formula is C16H20N4. The van der Waals surface area contributed by atoms with Crippen molar-refractivity contribution in [2.45, 2.75) is 38.0 Å². The van der Waals surface area contributed by atoms with Gasteiger partial charge in [-0.05, 0) is 48.6 Å². The van der Waals surface area contributed by atoms with Crippen LogP contribution in [0.1, 0.15) is 43.6 Å². The molecule has 1 aromatic carbocycles. The average molecular weight is 268 g/mol. The maximum Gasteiger partial charge on any atom is 0.227 e. The Bertz CT molecular complexity index is 542. The molecule has 0 unspecified atom stereocenters. The lowest BCUT2D eigenvalue weighted by molar-refractivity contribution is 0.442. The standard InChI is InChI=1S/C16H20N4/c17-14-6-8-15(9-7-14)20-16-18-10-13(11-19-16)12-4-2-1-3-5-12/h6-12H,1-5,17H2,(H,18,19,20). The van der Waals surface area contributed by atoms with Crippen LogP contribution >= 0.6 is 0 Å². The summed E-state index contributed by atoms with van der Waals surface area (Å²) < 4.78 is 0. The Morgan fingerprint density at radius 3 is 2.25 bits per heavy atom. The first-order valence-corrected chi connectivity index (χ1v) is 7.26. The summed E-state index contributed by atoms with van der Waals surface area (Å²) in [4.78, 5) is 8.84. The van der Waals surface area contributed by atoms with Gasteiger partial charge in [-0.2, -0.15) is 0 Å². The van der Waals surface area contributed by atoms with E-state index in [4.69, 9.17) is 5.73 Å². The van der Waals surface area contributed by atoms with E-state index in [9.17, 15) is 0 Å². The number of aromatic nitrogens is 2. The average Bonchev–Trinajstić information content (AvgIpc) is 2.51. The lowest BCUT2D eigenvalue weighted by atomic mass is 9.85. The first-order valence-electron chi connectivity index (χ1n) is 7.26. The molecule has 104 valence electrons. The van der Waals surface area contributed by atoms with Crippen molar-refractivity contribution < 1.29 is 0 Å². The Morgan fingerprint density at radius 2 is 1.60 bits per heavy atom.